The second-order valence-electron chi connectivity index (χ2n) is 2.66. The third kappa shape index (κ3) is 2.44. The maximum Gasteiger partial charge on any atom is 0.233 e. The highest BCUT2D eigenvalue weighted by molar-refractivity contribution is 5.20. The molecule has 1 atom stereocenters. The van der Waals surface area contributed by atoms with Gasteiger partial charge in [-0.1, -0.05) is 12.8 Å². The summed E-state index contributed by atoms with van der Waals surface area (Å²) in [4.78, 5) is 0. The fourth-order valence-electron chi connectivity index (χ4n) is 1.05. The van der Waals surface area contributed by atoms with Crippen molar-refractivity contribution in [2.45, 2.75) is 13.0 Å². The summed E-state index contributed by atoms with van der Waals surface area (Å²) in [5, 5.41) is 10.9. The summed E-state index contributed by atoms with van der Waals surface area (Å²) in [5.41, 5.74) is 0.732. The predicted octanol–water partition coefficient (Wildman–Crippen LogP) is 0.769. The van der Waals surface area contributed by atoms with Crippen LogP contribution in [0.5, 0.6) is 5.88 Å². The van der Waals surface area contributed by atoms with Crippen molar-refractivity contribution in [1.29, 1.82) is 0 Å². The van der Waals surface area contributed by atoms with Crippen molar-refractivity contribution in [3.63, 3.8) is 0 Å². The summed E-state index contributed by atoms with van der Waals surface area (Å²) >= 11 is 0. The summed E-state index contributed by atoms with van der Waals surface area (Å²) in [7, 11) is 1.55. The smallest absolute Gasteiger partial charge is 0.233 e. The second-order valence-corrected chi connectivity index (χ2v) is 2.66. The monoisotopic (exact) mass is 191 g/mol. The minimum atomic E-state index is -0.182. The fourth-order valence-corrected chi connectivity index (χ4v) is 1.05. The lowest BCUT2D eigenvalue weighted by molar-refractivity contribution is 0.390. The molecule has 1 rings (SSSR count). The van der Waals surface area contributed by atoms with E-state index < -0.39 is 0 Å². The van der Waals surface area contributed by atoms with Crippen molar-refractivity contribution in [2.24, 2.45) is 0 Å². The number of rotatable bonds is 4. The van der Waals surface area contributed by atoms with E-state index in [9.17, 15) is 0 Å². The van der Waals surface area contributed by atoms with Crippen molar-refractivity contribution < 1.29 is 4.74 Å². The molecule has 1 N–H and O–H groups in total. The van der Waals surface area contributed by atoms with Crippen LogP contribution in [0.3, 0.4) is 0 Å². The van der Waals surface area contributed by atoms with Crippen LogP contribution in [0.4, 0.5) is 0 Å². The highest BCUT2D eigenvalue weighted by Crippen LogP contribution is 2.10. The van der Waals surface area contributed by atoms with Crippen LogP contribution in [-0.2, 0) is 0 Å². The fraction of sp³-hybridized carbons (Fsp3) is 0.400. The molecule has 0 aliphatic rings. The van der Waals surface area contributed by atoms with Crippen LogP contribution in [0.1, 0.15) is 18.7 Å². The van der Waals surface area contributed by atoms with Crippen LogP contribution >= 0.6 is 0 Å². The van der Waals surface area contributed by atoms with Crippen molar-refractivity contribution in [3.05, 3.63) is 17.8 Å². The molecule has 1 heterocycles. The lowest BCUT2D eigenvalue weighted by Gasteiger charge is -2.09. The first-order valence-electron chi connectivity index (χ1n) is 4.39. The predicted molar refractivity (Wildman–Crippen MR) is 53.8 cm³/mol. The molecule has 0 amide bonds. The van der Waals surface area contributed by atoms with E-state index in [1.165, 1.54) is 0 Å². The first-order chi connectivity index (χ1) is 6.81. The molecular formula is C10H13N3O. The Hall–Kier alpha value is -1.60. The van der Waals surface area contributed by atoms with E-state index in [2.05, 4.69) is 21.4 Å². The average molecular weight is 191 g/mol. The summed E-state index contributed by atoms with van der Waals surface area (Å²) in [5.74, 6) is 3.09. The van der Waals surface area contributed by atoms with E-state index in [4.69, 9.17) is 11.2 Å². The molecule has 1 unspecified atom stereocenters. The van der Waals surface area contributed by atoms with Crippen LogP contribution in [-0.4, -0.2) is 23.9 Å². The highest BCUT2D eigenvalue weighted by atomic mass is 16.5. The van der Waals surface area contributed by atoms with Crippen molar-refractivity contribution in [1.82, 2.24) is 15.5 Å². The van der Waals surface area contributed by atoms with Gasteiger partial charge in [-0.15, -0.1) is 16.6 Å². The molecule has 0 aliphatic heterocycles. The molecule has 0 fully saturated rings. The molecule has 0 aliphatic carbocycles. The van der Waals surface area contributed by atoms with Gasteiger partial charge in [0.05, 0.1) is 12.8 Å². The number of aromatic nitrogens is 2. The third-order valence-corrected chi connectivity index (χ3v) is 1.74. The largest absolute Gasteiger partial charge is 0.480 e. The van der Waals surface area contributed by atoms with Gasteiger partial charge in [0.25, 0.3) is 0 Å². The SMILES string of the molecule is C#CC(NCC)c1ccc(OC)nn1. The van der Waals surface area contributed by atoms with Gasteiger partial charge in [0.15, 0.2) is 0 Å². The lowest BCUT2D eigenvalue weighted by Crippen LogP contribution is -2.20. The summed E-state index contributed by atoms with van der Waals surface area (Å²) in [6, 6.07) is 3.36. The standard InChI is InChI=1S/C10H13N3O/c1-4-8(11-5-2)9-6-7-10(14-3)13-12-9/h1,6-8,11H,5H2,2-3H3. The van der Waals surface area contributed by atoms with Crippen LogP contribution in [0.15, 0.2) is 12.1 Å². The number of hydrogen-bond acceptors (Lipinski definition) is 4. The molecule has 0 radical (unpaired) electrons. The quantitative estimate of drug-likeness (QED) is 0.714. The van der Waals surface area contributed by atoms with Crippen molar-refractivity contribution >= 4 is 0 Å². The molecule has 0 aromatic carbocycles. The van der Waals surface area contributed by atoms with E-state index in [-0.39, 0.29) is 6.04 Å². The Kier molecular flexibility index (Phi) is 3.89. The average Bonchev–Trinajstić information content (AvgIpc) is 2.26. The maximum atomic E-state index is 5.35. The van der Waals surface area contributed by atoms with Crippen LogP contribution in [0.25, 0.3) is 0 Å². The molecule has 14 heavy (non-hydrogen) atoms. The van der Waals surface area contributed by atoms with Gasteiger partial charge in [-0.2, -0.15) is 0 Å². The van der Waals surface area contributed by atoms with E-state index in [1.807, 2.05) is 6.92 Å². The van der Waals surface area contributed by atoms with Crippen LogP contribution in [0.2, 0.25) is 0 Å². The molecule has 0 saturated heterocycles. The summed E-state index contributed by atoms with van der Waals surface area (Å²) in [6.07, 6.45) is 5.35. The van der Waals surface area contributed by atoms with Gasteiger partial charge in [0, 0.05) is 6.07 Å². The topological polar surface area (TPSA) is 47.0 Å². The Morgan fingerprint density at radius 1 is 1.57 bits per heavy atom. The Labute approximate surface area is 83.7 Å². The molecular weight excluding hydrogens is 178 g/mol. The van der Waals surface area contributed by atoms with Gasteiger partial charge in [-0.05, 0) is 12.6 Å². The lowest BCUT2D eigenvalue weighted by atomic mass is 10.2. The number of nitrogens with zero attached hydrogens (tertiary/aromatic N) is 2. The number of terminal acetylenes is 1. The van der Waals surface area contributed by atoms with Crippen molar-refractivity contribution in [2.75, 3.05) is 13.7 Å². The normalized spacial score (nSPS) is 11.8. The Morgan fingerprint density at radius 3 is 2.79 bits per heavy atom. The Balaban J connectivity index is 2.79. The Morgan fingerprint density at radius 2 is 2.36 bits per heavy atom. The minimum Gasteiger partial charge on any atom is -0.480 e. The first kappa shape index (κ1) is 10.5. The molecule has 0 spiro atoms. The van der Waals surface area contributed by atoms with Crippen molar-refractivity contribution in [3.8, 4) is 18.2 Å². The van der Waals surface area contributed by atoms with E-state index in [0.29, 0.717) is 5.88 Å². The van der Waals surface area contributed by atoms with E-state index >= 15 is 0 Å². The molecule has 0 bridgehead atoms. The number of nitrogens with one attached hydrogen (secondary N) is 1. The van der Waals surface area contributed by atoms with Gasteiger partial charge in [0.1, 0.15) is 6.04 Å². The first-order valence-corrected chi connectivity index (χ1v) is 4.39. The molecule has 0 saturated carbocycles. The maximum absolute atomic E-state index is 5.35. The second kappa shape index (κ2) is 5.20. The van der Waals surface area contributed by atoms with Gasteiger partial charge >= 0.3 is 0 Å². The third-order valence-electron chi connectivity index (χ3n) is 1.74. The van der Waals surface area contributed by atoms with Crippen LogP contribution in [0, 0.1) is 12.3 Å². The van der Waals surface area contributed by atoms with Gasteiger partial charge in [-0.25, -0.2) is 0 Å². The number of hydrogen-bond donors (Lipinski definition) is 1. The summed E-state index contributed by atoms with van der Waals surface area (Å²) < 4.78 is 4.90. The zero-order valence-electron chi connectivity index (χ0n) is 8.32. The van der Waals surface area contributed by atoms with Crippen LogP contribution < -0.4 is 10.1 Å². The number of methoxy groups -OCH3 is 1. The summed E-state index contributed by atoms with van der Waals surface area (Å²) in [6.45, 7) is 2.78. The molecule has 1 aromatic rings. The van der Waals surface area contributed by atoms with Gasteiger partial charge in [-0.3, -0.25) is 5.32 Å². The van der Waals surface area contributed by atoms with Gasteiger partial charge in [0.2, 0.25) is 5.88 Å². The van der Waals surface area contributed by atoms with E-state index in [0.717, 1.165) is 12.2 Å². The Bertz CT molecular complexity index is 315. The molecule has 74 valence electrons. The zero-order chi connectivity index (χ0) is 10.4. The number of ether oxygens (including phenoxy) is 1. The molecule has 4 nitrogen and oxygen atoms in total. The minimum absolute atomic E-state index is 0.182. The molecule has 4 heteroatoms. The zero-order valence-corrected chi connectivity index (χ0v) is 8.32. The highest BCUT2D eigenvalue weighted by Gasteiger charge is 2.08. The molecule has 1 aromatic heterocycles. The van der Waals surface area contributed by atoms with Gasteiger partial charge < -0.3 is 4.74 Å². The van der Waals surface area contributed by atoms with E-state index in [1.54, 1.807) is 19.2 Å².